The topological polar surface area (TPSA) is 76.6 Å². The molecule has 1 unspecified atom stereocenters. The van der Waals surface area contributed by atoms with Crippen molar-refractivity contribution in [2.45, 2.75) is 12.7 Å². The second-order valence-electron chi connectivity index (χ2n) is 5.78. The molecule has 1 aliphatic heterocycles. The number of nitrogens with zero attached hydrogens (tertiary/aromatic N) is 3. The molecular weight excluding hydrogens is 320 g/mol. The van der Waals surface area contributed by atoms with Crippen molar-refractivity contribution in [3.8, 4) is 0 Å². The molecule has 0 aliphatic carbocycles. The highest BCUT2D eigenvalue weighted by atomic mass is 16.5. The summed E-state index contributed by atoms with van der Waals surface area (Å²) in [5, 5.41) is 3.02. The molecule has 0 spiro atoms. The number of amides is 1. The molecule has 1 atom stereocenters. The number of rotatable bonds is 5. The van der Waals surface area contributed by atoms with E-state index in [1.807, 2.05) is 24.3 Å². The Morgan fingerprint density at radius 1 is 1.40 bits per heavy atom. The highest BCUT2D eigenvalue weighted by Gasteiger charge is 2.28. The molecule has 25 heavy (non-hydrogen) atoms. The van der Waals surface area contributed by atoms with E-state index in [2.05, 4.69) is 15.3 Å². The fraction of sp³-hybridized carbons (Fsp3) is 0.389. The Kier molecular flexibility index (Phi) is 5.57. The number of aromatic nitrogens is 2. The van der Waals surface area contributed by atoms with Gasteiger partial charge < -0.3 is 19.7 Å². The van der Waals surface area contributed by atoms with Crippen LogP contribution in [0, 0.1) is 0 Å². The van der Waals surface area contributed by atoms with Gasteiger partial charge in [-0.05, 0) is 17.7 Å². The van der Waals surface area contributed by atoms with E-state index in [0.29, 0.717) is 37.7 Å². The minimum Gasteiger partial charge on any atom is -0.380 e. The van der Waals surface area contributed by atoms with Gasteiger partial charge in [-0.25, -0.2) is 4.98 Å². The Hall–Kier alpha value is -2.51. The summed E-state index contributed by atoms with van der Waals surface area (Å²) in [7, 11) is 3.43. The summed E-state index contributed by atoms with van der Waals surface area (Å²) < 4.78 is 11.0. The predicted molar refractivity (Wildman–Crippen MR) is 93.3 cm³/mol. The molecule has 2 heterocycles. The maximum Gasteiger partial charge on any atom is 0.254 e. The largest absolute Gasteiger partial charge is 0.380 e. The number of hydrogen-bond acceptors (Lipinski definition) is 6. The van der Waals surface area contributed by atoms with Gasteiger partial charge in [-0.1, -0.05) is 12.1 Å². The van der Waals surface area contributed by atoms with Crippen molar-refractivity contribution >= 4 is 11.7 Å². The monoisotopic (exact) mass is 342 g/mol. The third-order valence-corrected chi connectivity index (χ3v) is 4.11. The first-order valence-corrected chi connectivity index (χ1v) is 8.20. The van der Waals surface area contributed by atoms with Crippen molar-refractivity contribution in [3.63, 3.8) is 0 Å². The van der Waals surface area contributed by atoms with Gasteiger partial charge in [-0.15, -0.1) is 0 Å². The molecule has 1 amide bonds. The van der Waals surface area contributed by atoms with E-state index < -0.39 is 0 Å². The number of ether oxygens (including phenoxy) is 2. The highest BCUT2D eigenvalue weighted by molar-refractivity contribution is 5.94. The van der Waals surface area contributed by atoms with Crippen LogP contribution in [0.25, 0.3) is 0 Å². The molecule has 0 radical (unpaired) electrons. The van der Waals surface area contributed by atoms with E-state index in [0.717, 1.165) is 11.3 Å². The van der Waals surface area contributed by atoms with Crippen molar-refractivity contribution in [2.75, 3.05) is 39.2 Å². The van der Waals surface area contributed by atoms with Crippen LogP contribution in [0.3, 0.4) is 0 Å². The second kappa shape index (κ2) is 8.04. The van der Waals surface area contributed by atoms with E-state index in [1.165, 1.54) is 0 Å². The van der Waals surface area contributed by atoms with E-state index in [4.69, 9.17) is 9.47 Å². The lowest BCUT2D eigenvalue weighted by Gasteiger charge is -2.33. The van der Waals surface area contributed by atoms with Gasteiger partial charge in [0.05, 0.1) is 19.8 Å². The van der Waals surface area contributed by atoms with Gasteiger partial charge in [0.2, 0.25) is 0 Å². The number of anilines is 1. The van der Waals surface area contributed by atoms with Crippen LogP contribution in [0.1, 0.15) is 27.7 Å². The first-order valence-electron chi connectivity index (χ1n) is 8.20. The maximum atomic E-state index is 12.9. The molecule has 1 aliphatic rings. The molecule has 1 N–H and O–H groups in total. The molecule has 1 aromatic heterocycles. The van der Waals surface area contributed by atoms with Gasteiger partial charge >= 0.3 is 0 Å². The average Bonchev–Trinajstić information content (AvgIpc) is 2.68. The van der Waals surface area contributed by atoms with Crippen molar-refractivity contribution < 1.29 is 14.3 Å². The fourth-order valence-corrected chi connectivity index (χ4v) is 2.92. The van der Waals surface area contributed by atoms with Gasteiger partial charge in [0.25, 0.3) is 5.91 Å². The number of nitrogens with one attached hydrogen (secondary N) is 1. The number of carbonyl (C=O) groups excluding carboxylic acids is 1. The Morgan fingerprint density at radius 3 is 3.04 bits per heavy atom. The van der Waals surface area contributed by atoms with E-state index in [9.17, 15) is 4.79 Å². The molecule has 2 aromatic rings. The lowest BCUT2D eigenvalue weighted by atomic mass is 10.1. The molecule has 0 bridgehead atoms. The molecule has 132 valence electrons. The number of hydrogen-bond donors (Lipinski definition) is 1. The number of benzene rings is 1. The molecule has 3 rings (SSSR count). The minimum absolute atomic E-state index is 0.0128. The van der Waals surface area contributed by atoms with Crippen molar-refractivity contribution in [3.05, 3.63) is 53.5 Å². The van der Waals surface area contributed by atoms with Crippen LogP contribution in [-0.4, -0.2) is 54.6 Å². The van der Waals surface area contributed by atoms with Gasteiger partial charge in [0.15, 0.2) is 0 Å². The Morgan fingerprint density at radius 2 is 2.24 bits per heavy atom. The normalized spacial score (nSPS) is 17.4. The SMILES string of the molecule is CNc1nccnc1C1CN(C(=O)c2cccc(COC)c2)CCO1. The molecule has 7 heteroatoms. The summed E-state index contributed by atoms with van der Waals surface area (Å²) in [5.74, 6) is 0.657. The Labute approximate surface area is 147 Å². The Bertz CT molecular complexity index is 738. The van der Waals surface area contributed by atoms with Crippen LogP contribution in [0.15, 0.2) is 36.7 Å². The van der Waals surface area contributed by atoms with Gasteiger partial charge in [-0.2, -0.15) is 0 Å². The average molecular weight is 342 g/mol. The first-order chi connectivity index (χ1) is 12.2. The lowest BCUT2D eigenvalue weighted by Crippen LogP contribution is -2.42. The lowest BCUT2D eigenvalue weighted by molar-refractivity contribution is -0.0245. The van der Waals surface area contributed by atoms with E-state index in [-0.39, 0.29) is 12.0 Å². The van der Waals surface area contributed by atoms with Crippen molar-refractivity contribution in [1.82, 2.24) is 14.9 Å². The van der Waals surface area contributed by atoms with Gasteiger partial charge in [-0.3, -0.25) is 9.78 Å². The van der Waals surface area contributed by atoms with Crippen LogP contribution in [0.4, 0.5) is 5.82 Å². The van der Waals surface area contributed by atoms with Crippen LogP contribution in [-0.2, 0) is 16.1 Å². The summed E-state index contributed by atoms with van der Waals surface area (Å²) in [6.07, 6.45) is 2.97. The second-order valence-corrected chi connectivity index (χ2v) is 5.78. The summed E-state index contributed by atoms with van der Waals surface area (Å²) in [6.45, 7) is 1.95. The summed E-state index contributed by atoms with van der Waals surface area (Å²) in [5.41, 5.74) is 2.35. The molecule has 1 saturated heterocycles. The van der Waals surface area contributed by atoms with Crippen LogP contribution >= 0.6 is 0 Å². The summed E-state index contributed by atoms with van der Waals surface area (Å²) in [6, 6.07) is 7.52. The quantitative estimate of drug-likeness (QED) is 0.894. The third-order valence-electron chi connectivity index (χ3n) is 4.11. The maximum absolute atomic E-state index is 12.9. The van der Waals surface area contributed by atoms with Crippen LogP contribution in [0.5, 0.6) is 0 Å². The molecule has 1 aromatic carbocycles. The highest BCUT2D eigenvalue weighted by Crippen LogP contribution is 2.26. The Balaban J connectivity index is 1.77. The molecule has 0 saturated carbocycles. The van der Waals surface area contributed by atoms with Crippen LogP contribution in [0.2, 0.25) is 0 Å². The van der Waals surface area contributed by atoms with Gasteiger partial charge in [0, 0.05) is 38.7 Å². The zero-order valence-electron chi connectivity index (χ0n) is 14.4. The predicted octanol–water partition coefficient (Wildman–Crippen LogP) is 1.88. The van der Waals surface area contributed by atoms with Crippen molar-refractivity contribution in [1.29, 1.82) is 0 Å². The molecule has 7 nitrogen and oxygen atoms in total. The summed E-state index contributed by atoms with van der Waals surface area (Å²) >= 11 is 0. The van der Waals surface area contributed by atoms with Gasteiger partial charge in [0.1, 0.15) is 17.6 Å². The first kappa shape index (κ1) is 17.3. The minimum atomic E-state index is -0.295. The smallest absolute Gasteiger partial charge is 0.254 e. The zero-order valence-corrected chi connectivity index (χ0v) is 14.4. The zero-order chi connectivity index (χ0) is 17.6. The molecule has 1 fully saturated rings. The third kappa shape index (κ3) is 3.94. The van der Waals surface area contributed by atoms with Crippen molar-refractivity contribution in [2.24, 2.45) is 0 Å². The van der Waals surface area contributed by atoms with Crippen LogP contribution < -0.4 is 5.32 Å². The fourth-order valence-electron chi connectivity index (χ4n) is 2.92. The number of carbonyl (C=O) groups is 1. The number of methoxy groups -OCH3 is 1. The van der Waals surface area contributed by atoms with E-state index in [1.54, 1.807) is 31.5 Å². The van der Waals surface area contributed by atoms with E-state index >= 15 is 0 Å². The molecular formula is C18H22N4O3. The standard InChI is InChI=1S/C18H22N4O3/c1-19-17-16(20-6-7-21-17)15-11-22(8-9-25-15)18(23)14-5-3-4-13(10-14)12-24-2/h3-7,10,15H,8-9,11-12H2,1-2H3,(H,19,21). The summed E-state index contributed by atoms with van der Waals surface area (Å²) in [4.78, 5) is 23.3. The number of morpholine rings is 1.